The number of aliphatic carboxylic acids is 1. The van der Waals surface area contributed by atoms with Gasteiger partial charge in [-0.3, -0.25) is 4.90 Å². The fourth-order valence-corrected chi connectivity index (χ4v) is 4.15. The Bertz CT molecular complexity index is 832. The van der Waals surface area contributed by atoms with Crippen molar-refractivity contribution in [1.82, 2.24) is 4.90 Å². The second kappa shape index (κ2) is 6.16. The Morgan fingerprint density at radius 1 is 1.12 bits per heavy atom. The first-order valence-corrected chi connectivity index (χ1v) is 8.88. The first kappa shape index (κ1) is 16.6. The van der Waals surface area contributed by atoms with E-state index in [0.717, 1.165) is 11.1 Å². The number of benzene rings is 2. The highest BCUT2D eigenvalue weighted by atomic mass is 16.6. The number of rotatable bonds is 3. The van der Waals surface area contributed by atoms with Crippen LogP contribution in [0.15, 0.2) is 48.5 Å². The molecule has 4 rings (SSSR count). The van der Waals surface area contributed by atoms with Gasteiger partial charge >= 0.3 is 12.1 Å². The summed E-state index contributed by atoms with van der Waals surface area (Å²) in [5.74, 6) is -1.01. The third kappa shape index (κ3) is 2.46. The number of hydrogen-bond acceptors (Lipinski definition) is 3. The van der Waals surface area contributed by atoms with Crippen LogP contribution in [0, 0.1) is 0 Å². The number of likely N-dealkylation sites (tertiary alicyclic amines) is 1. The third-order valence-corrected chi connectivity index (χ3v) is 5.66. The Morgan fingerprint density at radius 2 is 1.69 bits per heavy atom. The summed E-state index contributed by atoms with van der Waals surface area (Å²) >= 11 is 0. The molecule has 1 aliphatic carbocycles. The van der Waals surface area contributed by atoms with Crippen LogP contribution in [0.25, 0.3) is 11.1 Å². The summed E-state index contributed by atoms with van der Waals surface area (Å²) in [6.45, 7) is 2.21. The van der Waals surface area contributed by atoms with E-state index in [9.17, 15) is 14.7 Å². The van der Waals surface area contributed by atoms with Crippen LogP contribution in [0.4, 0.5) is 4.79 Å². The molecule has 0 saturated carbocycles. The molecule has 1 aliphatic heterocycles. The molecule has 26 heavy (non-hydrogen) atoms. The second-order valence-corrected chi connectivity index (χ2v) is 7.14. The topological polar surface area (TPSA) is 66.8 Å². The number of ether oxygens (including phenoxy) is 1. The summed E-state index contributed by atoms with van der Waals surface area (Å²) < 4.78 is 5.59. The third-order valence-electron chi connectivity index (χ3n) is 5.66. The standard InChI is InChI=1S/C21H21NO4/c1-21(19(23)24)11-6-12-22(21)20(25)26-13-18-16-9-4-2-7-14(16)15-8-3-5-10-17(15)18/h2-5,7-10,18H,6,11-13H2,1H3,(H,23,24). The number of carboxylic acids is 1. The molecule has 1 saturated heterocycles. The number of carboxylic acid groups (broad SMARTS) is 1. The van der Waals surface area contributed by atoms with Gasteiger partial charge < -0.3 is 9.84 Å². The van der Waals surface area contributed by atoms with Crippen LogP contribution in [-0.2, 0) is 9.53 Å². The number of carbonyl (C=O) groups is 2. The van der Waals surface area contributed by atoms with Gasteiger partial charge in [-0.2, -0.15) is 0 Å². The number of hydrogen-bond donors (Lipinski definition) is 1. The molecule has 1 atom stereocenters. The minimum Gasteiger partial charge on any atom is -0.480 e. The lowest BCUT2D eigenvalue weighted by Crippen LogP contribution is -2.51. The first-order valence-electron chi connectivity index (χ1n) is 8.88. The van der Waals surface area contributed by atoms with Crippen LogP contribution in [0.3, 0.4) is 0 Å². The maximum Gasteiger partial charge on any atom is 0.410 e. The van der Waals surface area contributed by atoms with Crippen LogP contribution in [0.1, 0.15) is 36.8 Å². The average molecular weight is 351 g/mol. The zero-order chi connectivity index (χ0) is 18.3. The van der Waals surface area contributed by atoms with Gasteiger partial charge in [0.1, 0.15) is 12.1 Å². The van der Waals surface area contributed by atoms with Gasteiger partial charge in [-0.1, -0.05) is 48.5 Å². The Hall–Kier alpha value is -2.82. The van der Waals surface area contributed by atoms with Crippen molar-refractivity contribution in [3.8, 4) is 11.1 Å². The molecule has 2 aromatic carbocycles. The minimum absolute atomic E-state index is 0.0231. The number of amides is 1. The fourth-order valence-electron chi connectivity index (χ4n) is 4.15. The van der Waals surface area contributed by atoms with E-state index in [-0.39, 0.29) is 12.5 Å². The van der Waals surface area contributed by atoms with Crippen molar-refractivity contribution < 1.29 is 19.4 Å². The largest absolute Gasteiger partial charge is 0.480 e. The highest BCUT2D eigenvalue weighted by molar-refractivity contribution is 5.85. The highest BCUT2D eigenvalue weighted by Crippen LogP contribution is 2.44. The summed E-state index contributed by atoms with van der Waals surface area (Å²) in [6.07, 6.45) is 0.578. The zero-order valence-electron chi connectivity index (χ0n) is 14.6. The van der Waals surface area contributed by atoms with E-state index in [1.54, 1.807) is 6.92 Å². The molecule has 134 valence electrons. The number of carbonyl (C=O) groups excluding carboxylic acids is 1. The first-order chi connectivity index (χ1) is 12.5. The van der Waals surface area contributed by atoms with Crippen molar-refractivity contribution >= 4 is 12.1 Å². The van der Waals surface area contributed by atoms with E-state index in [4.69, 9.17) is 4.74 Å². The lowest BCUT2D eigenvalue weighted by atomic mass is 9.98. The van der Waals surface area contributed by atoms with E-state index in [1.807, 2.05) is 24.3 Å². The van der Waals surface area contributed by atoms with Crippen molar-refractivity contribution in [2.45, 2.75) is 31.2 Å². The molecule has 1 unspecified atom stereocenters. The Labute approximate surface area is 152 Å². The van der Waals surface area contributed by atoms with Crippen molar-refractivity contribution in [3.63, 3.8) is 0 Å². The molecular weight excluding hydrogens is 330 g/mol. The number of fused-ring (bicyclic) bond motifs is 3. The van der Waals surface area contributed by atoms with Gasteiger partial charge in [0.15, 0.2) is 0 Å². The second-order valence-electron chi connectivity index (χ2n) is 7.14. The van der Waals surface area contributed by atoms with Crippen LogP contribution in [-0.4, -0.2) is 40.8 Å². The normalized spacial score (nSPS) is 21.3. The Balaban J connectivity index is 1.55. The summed E-state index contributed by atoms with van der Waals surface area (Å²) in [6, 6.07) is 16.3. The van der Waals surface area contributed by atoms with E-state index >= 15 is 0 Å². The van der Waals surface area contributed by atoms with Gasteiger partial charge in [0.25, 0.3) is 0 Å². The Kier molecular flexibility index (Phi) is 3.94. The van der Waals surface area contributed by atoms with Gasteiger partial charge in [0.2, 0.25) is 0 Å². The van der Waals surface area contributed by atoms with E-state index < -0.39 is 17.6 Å². The van der Waals surface area contributed by atoms with Gasteiger partial charge in [-0.25, -0.2) is 9.59 Å². The molecule has 0 radical (unpaired) electrons. The molecule has 2 aromatic rings. The fraction of sp³-hybridized carbons (Fsp3) is 0.333. The molecule has 0 aromatic heterocycles. The summed E-state index contributed by atoms with van der Waals surface area (Å²) in [7, 11) is 0. The summed E-state index contributed by atoms with van der Waals surface area (Å²) in [4.78, 5) is 25.5. The molecule has 5 heteroatoms. The molecule has 1 amide bonds. The van der Waals surface area contributed by atoms with Gasteiger partial charge in [0, 0.05) is 12.5 Å². The van der Waals surface area contributed by atoms with Crippen molar-refractivity contribution in [1.29, 1.82) is 0 Å². The smallest absolute Gasteiger partial charge is 0.410 e. The van der Waals surface area contributed by atoms with Crippen LogP contribution in [0.2, 0.25) is 0 Å². The maximum absolute atomic E-state index is 12.6. The van der Waals surface area contributed by atoms with Crippen molar-refractivity contribution in [2.75, 3.05) is 13.2 Å². The molecule has 2 aliphatic rings. The van der Waals surface area contributed by atoms with Crippen LogP contribution >= 0.6 is 0 Å². The molecule has 1 heterocycles. The molecular formula is C21H21NO4. The minimum atomic E-state index is -1.18. The molecule has 0 spiro atoms. The average Bonchev–Trinajstić information content (AvgIpc) is 3.19. The zero-order valence-corrected chi connectivity index (χ0v) is 14.6. The molecule has 5 nitrogen and oxygen atoms in total. The lowest BCUT2D eigenvalue weighted by Gasteiger charge is -2.30. The lowest BCUT2D eigenvalue weighted by molar-refractivity contribution is -0.147. The van der Waals surface area contributed by atoms with Gasteiger partial charge in [-0.15, -0.1) is 0 Å². The number of nitrogens with zero attached hydrogens (tertiary/aromatic N) is 1. The summed E-state index contributed by atoms with van der Waals surface area (Å²) in [5.41, 5.74) is 3.44. The SMILES string of the molecule is CC1(C(=O)O)CCCN1C(=O)OCC1c2ccccc2-c2ccccc21. The highest BCUT2D eigenvalue weighted by Gasteiger charge is 2.47. The van der Waals surface area contributed by atoms with Crippen molar-refractivity contribution in [3.05, 3.63) is 59.7 Å². The van der Waals surface area contributed by atoms with Crippen LogP contribution < -0.4 is 0 Å². The maximum atomic E-state index is 12.6. The quantitative estimate of drug-likeness (QED) is 0.911. The molecule has 1 fully saturated rings. The molecule has 0 bridgehead atoms. The van der Waals surface area contributed by atoms with Crippen LogP contribution in [0.5, 0.6) is 0 Å². The predicted octanol–water partition coefficient (Wildman–Crippen LogP) is 3.87. The Morgan fingerprint density at radius 3 is 2.27 bits per heavy atom. The van der Waals surface area contributed by atoms with Crippen molar-refractivity contribution in [2.24, 2.45) is 0 Å². The predicted molar refractivity (Wildman–Crippen MR) is 97.0 cm³/mol. The van der Waals surface area contributed by atoms with E-state index in [1.165, 1.54) is 16.0 Å². The van der Waals surface area contributed by atoms with E-state index in [0.29, 0.717) is 19.4 Å². The summed E-state index contributed by atoms with van der Waals surface area (Å²) in [5, 5.41) is 9.48. The van der Waals surface area contributed by atoms with Gasteiger partial charge in [-0.05, 0) is 42.0 Å². The molecule has 1 N–H and O–H groups in total. The monoisotopic (exact) mass is 351 g/mol. The van der Waals surface area contributed by atoms with E-state index in [2.05, 4.69) is 24.3 Å². The van der Waals surface area contributed by atoms with Gasteiger partial charge in [0.05, 0.1) is 0 Å².